The molecule has 1 saturated carbocycles. The zero-order valence-electron chi connectivity index (χ0n) is 19.5. The summed E-state index contributed by atoms with van der Waals surface area (Å²) >= 11 is 6.10. The minimum Gasteiger partial charge on any atom is -0.373 e. The number of ether oxygens (including phenoxy) is 1. The number of carbonyl (C=O) groups is 2. The molecule has 178 valence electrons. The summed E-state index contributed by atoms with van der Waals surface area (Å²) in [6.45, 7) is 2.96. The second-order valence-electron chi connectivity index (χ2n) is 11.5. The van der Waals surface area contributed by atoms with E-state index >= 15 is 0 Å². The van der Waals surface area contributed by atoms with Crippen molar-refractivity contribution in [3.63, 3.8) is 0 Å². The lowest BCUT2D eigenvalue weighted by molar-refractivity contribution is -0.935. The van der Waals surface area contributed by atoms with Crippen molar-refractivity contribution in [1.29, 1.82) is 0 Å². The van der Waals surface area contributed by atoms with E-state index in [4.69, 9.17) is 16.3 Å². The van der Waals surface area contributed by atoms with E-state index in [-0.39, 0.29) is 29.3 Å². The minimum absolute atomic E-state index is 0.00839. The molecule has 1 amide bonds. The van der Waals surface area contributed by atoms with Crippen LogP contribution >= 0.6 is 11.6 Å². The zero-order valence-corrected chi connectivity index (χ0v) is 20.3. The second-order valence-corrected chi connectivity index (χ2v) is 11.9. The van der Waals surface area contributed by atoms with E-state index in [9.17, 15) is 9.59 Å². The van der Waals surface area contributed by atoms with Crippen LogP contribution < -0.4 is 4.90 Å². The van der Waals surface area contributed by atoms with E-state index < -0.39 is 0 Å². The van der Waals surface area contributed by atoms with Crippen LogP contribution in [0.1, 0.15) is 35.2 Å². The smallest absolute Gasteiger partial charge is 0.229 e. The fourth-order valence-electron chi connectivity index (χ4n) is 9.21. The second kappa shape index (κ2) is 6.84. The van der Waals surface area contributed by atoms with Crippen LogP contribution in [0.5, 0.6) is 0 Å². The number of halogens is 1. The Bertz CT molecular complexity index is 1320. The first kappa shape index (κ1) is 20.7. The van der Waals surface area contributed by atoms with E-state index in [1.54, 1.807) is 0 Å². The number of hydrogen-bond donors (Lipinski definition) is 0. The number of nitrogens with zero attached hydrogens (tertiary/aromatic N) is 2. The first-order chi connectivity index (χ1) is 17.0. The number of quaternary nitrogens is 1. The van der Waals surface area contributed by atoms with E-state index in [0.717, 1.165) is 41.7 Å². The highest BCUT2D eigenvalue weighted by molar-refractivity contribution is 6.30. The van der Waals surface area contributed by atoms with Crippen LogP contribution in [0.15, 0.2) is 60.2 Å². The molecule has 0 radical (unpaired) electrons. The Morgan fingerprint density at radius 2 is 2.00 bits per heavy atom. The maximum Gasteiger partial charge on any atom is 0.229 e. The van der Waals surface area contributed by atoms with Crippen LogP contribution in [0, 0.1) is 11.8 Å². The van der Waals surface area contributed by atoms with Crippen LogP contribution in [0.2, 0.25) is 5.02 Å². The molecule has 2 bridgehead atoms. The summed E-state index contributed by atoms with van der Waals surface area (Å²) < 4.78 is 7.18. The molecule has 1 spiro atoms. The highest BCUT2D eigenvalue weighted by Gasteiger charge is 2.76. The number of carbonyl (C=O) groups excluding carboxylic acids is 2. The van der Waals surface area contributed by atoms with Gasteiger partial charge in [-0.2, -0.15) is 0 Å². The Hall–Kier alpha value is -2.47. The summed E-state index contributed by atoms with van der Waals surface area (Å²) in [6, 6.07) is 16.4. The lowest BCUT2D eigenvalue weighted by Gasteiger charge is -2.60. The van der Waals surface area contributed by atoms with Gasteiger partial charge in [-0.25, -0.2) is 0 Å². The summed E-state index contributed by atoms with van der Waals surface area (Å²) in [5.74, 6) is 1.15. The predicted molar refractivity (Wildman–Crippen MR) is 132 cm³/mol. The number of anilines is 1. The number of ketones is 1. The SMILES string of the molecule is O=C(C[N@+]12CC[C@]34c5ccccc5N5C(=O)C[C@@H]6OCC=C(C1)[C@@H](C[C@H]32)[C@@H]6[C@@H]54)c1ccc(Cl)cc1. The van der Waals surface area contributed by atoms with Gasteiger partial charge in [0, 0.05) is 35.0 Å². The van der Waals surface area contributed by atoms with Gasteiger partial charge in [0.15, 0.2) is 0 Å². The lowest BCUT2D eigenvalue weighted by atomic mass is 9.53. The van der Waals surface area contributed by atoms with Gasteiger partial charge in [0.05, 0.1) is 37.1 Å². The van der Waals surface area contributed by atoms with Crippen LogP contribution in [0.3, 0.4) is 0 Å². The van der Waals surface area contributed by atoms with Crippen molar-refractivity contribution in [1.82, 2.24) is 0 Å². The molecule has 6 heteroatoms. The Balaban J connectivity index is 1.31. The molecule has 2 aromatic carbocycles. The molecule has 0 aromatic heterocycles. The van der Waals surface area contributed by atoms with Crippen molar-refractivity contribution >= 4 is 29.0 Å². The quantitative estimate of drug-likeness (QED) is 0.371. The van der Waals surface area contributed by atoms with Gasteiger partial charge in [0.2, 0.25) is 11.7 Å². The summed E-state index contributed by atoms with van der Waals surface area (Å²) in [4.78, 5) is 29.4. The zero-order chi connectivity index (χ0) is 23.5. The Kier molecular flexibility index (Phi) is 4.05. The van der Waals surface area contributed by atoms with Crippen molar-refractivity contribution in [2.75, 3.05) is 31.1 Å². The number of piperidine rings is 2. The molecule has 6 aliphatic rings. The normalized spacial score (nSPS) is 39.7. The molecular formula is C29H28ClN2O3+. The monoisotopic (exact) mass is 487 g/mol. The Labute approximate surface area is 209 Å². The molecule has 2 aromatic rings. The molecule has 0 unspecified atom stereocenters. The van der Waals surface area contributed by atoms with Crippen LogP contribution in [0.4, 0.5) is 5.69 Å². The molecule has 0 N–H and O–H groups in total. The number of para-hydroxylation sites is 1. The van der Waals surface area contributed by atoms with Crippen molar-refractivity contribution < 1.29 is 18.8 Å². The molecule has 5 heterocycles. The lowest BCUT2D eigenvalue weighted by Crippen LogP contribution is -2.73. The van der Waals surface area contributed by atoms with Gasteiger partial charge in [0.25, 0.3) is 0 Å². The molecule has 35 heavy (non-hydrogen) atoms. The van der Waals surface area contributed by atoms with E-state index in [2.05, 4.69) is 35.2 Å². The highest BCUT2D eigenvalue weighted by Crippen LogP contribution is 2.67. The topological polar surface area (TPSA) is 46.6 Å². The van der Waals surface area contributed by atoms with Gasteiger partial charge >= 0.3 is 0 Å². The average Bonchev–Trinajstić information content (AvgIpc) is 3.29. The standard InChI is InChI=1S/C29H28ClN2O3/c30-19-7-5-17(6-8-19)23(33)16-32-11-10-29-21-3-1-2-4-22(21)31-26(34)14-24-27(28(29)31)20(13-25(29)32)18(15-32)9-12-35-24/h1-9,20,24-25,27-28H,10-16H2/q+1/t20-,24+,25-,27+,28-,29+,32+/m1/s1. The number of benzene rings is 2. The fourth-order valence-corrected chi connectivity index (χ4v) is 9.34. The Morgan fingerprint density at radius 3 is 2.86 bits per heavy atom. The third kappa shape index (κ3) is 2.47. The van der Waals surface area contributed by atoms with Crippen LogP contribution in [-0.2, 0) is 14.9 Å². The largest absolute Gasteiger partial charge is 0.373 e. The number of Topliss-reactive ketones (excluding diaryl/α,β-unsaturated/α-hetero) is 1. The Morgan fingerprint density at radius 1 is 1.17 bits per heavy atom. The van der Waals surface area contributed by atoms with Gasteiger partial charge in [-0.15, -0.1) is 0 Å². The summed E-state index contributed by atoms with van der Waals surface area (Å²) in [5.41, 5.74) is 4.52. The molecule has 4 fully saturated rings. The van der Waals surface area contributed by atoms with Crippen LogP contribution in [-0.4, -0.2) is 60.6 Å². The summed E-state index contributed by atoms with van der Waals surface area (Å²) in [7, 11) is 0. The van der Waals surface area contributed by atoms with Gasteiger partial charge in [-0.1, -0.05) is 35.9 Å². The van der Waals surface area contributed by atoms with Crippen LogP contribution in [0.25, 0.3) is 0 Å². The summed E-state index contributed by atoms with van der Waals surface area (Å²) in [5, 5.41) is 0.649. The molecule has 5 aliphatic heterocycles. The molecule has 3 saturated heterocycles. The third-order valence-corrected chi connectivity index (χ3v) is 10.6. The molecule has 7 atom stereocenters. The average molecular weight is 488 g/mol. The number of hydrogen-bond acceptors (Lipinski definition) is 3. The number of fused-ring (bicyclic) bond motifs is 2. The molecule has 5 nitrogen and oxygen atoms in total. The summed E-state index contributed by atoms with van der Waals surface area (Å²) in [6.07, 6.45) is 4.85. The maximum atomic E-state index is 13.7. The van der Waals surface area contributed by atoms with E-state index in [1.165, 1.54) is 11.1 Å². The first-order valence-corrected chi connectivity index (χ1v) is 13.3. The van der Waals surface area contributed by atoms with Crippen molar-refractivity contribution in [2.45, 2.75) is 42.9 Å². The number of amides is 1. The van der Waals surface area contributed by atoms with Gasteiger partial charge < -0.3 is 14.1 Å². The highest BCUT2D eigenvalue weighted by atomic mass is 35.5. The fraction of sp³-hybridized carbons (Fsp3) is 0.448. The van der Waals surface area contributed by atoms with E-state index in [0.29, 0.717) is 42.5 Å². The van der Waals surface area contributed by atoms with Gasteiger partial charge in [-0.3, -0.25) is 9.59 Å². The number of rotatable bonds is 3. The maximum absolute atomic E-state index is 13.7. The minimum atomic E-state index is -0.106. The van der Waals surface area contributed by atoms with Crippen molar-refractivity contribution in [3.8, 4) is 0 Å². The van der Waals surface area contributed by atoms with Crippen molar-refractivity contribution in [3.05, 3.63) is 76.3 Å². The van der Waals surface area contributed by atoms with Gasteiger partial charge in [0.1, 0.15) is 19.1 Å². The van der Waals surface area contributed by atoms with E-state index in [1.807, 2.05) is 24.3 Å². The molecule has 1 aliphatic carbocycles. The first-order valence-electron chi connectivity index (χ1n) is 12.9. The molecule has 8 rings (SSSR count). The van der Waals surface area contributed by atoms with Crippen molar-refractivity contribution in [2.24, 2.45) is 11.8 Å². The third-order valence-electron chi connectivity index (χ3n) is 10.3. The molecular weight excluding hydrogens is 460 g/mol. The van der Waals surface area contributed by atoms with Gasteiger partial charge in [-0.05, 0) is 47.4 Å². The predicted octanol–water partition coefficient (Wildman–Crippen LogP) is 4.14.